The van der Waals surface area contributed by atoms with E-state index in [1.807, 2.05) is 0 Å². The van der Waals surface area contributed by atoms with Gasteiger partial charge in [0.15, 0.2) is 12.4 Å². The first-order valence-electron chi connectivity index (χ1n) is 12.0. The van der Waals surface area contributed by atoms with Crippen molar-refractivity contribution >= 4 is 12.2 Å². The molecule has 0 saturated heterocycles. The molecule has 0 fully saturated rings. The maximum atomic E-state index is 2.38. The highest BCUT2D eigenvalue weighted by Gasteiger charge is 2.11. The first kappa shape index (κ1) is 23.4. The number of rotatable bonds is 14. The summed E-state index contributed by atoms with van der Waals surface area (Å²) in [7, 11) is 0. The van der Waals surface area contributed by atoms with Crippen molar-refractivity contribution in [3.05, 3.63) is 65.5 Å². The molecule has 0 radical (unpaired) electrons. The van der Waals surface area contributed by atoms with Crippen LogP contribution in [0.1, 0.15) is 108 Å². The average Bonchev–Trinajstić information content (AvgIpc) is 2.77. The van der Waals surface area contributed by atoms with Crippen molar-refractivity contribution in [3.63, 3.8) is 0 Å². The molecular weight excluding hydrogens is 350 g/mol. The Balaban J connectivity index is 1.96. The summed E-state index contributed by atoms with van der Waals surface area (Å²) in [4.78, 5) is 0. The van der Waals surface area contributed by atoms with Crippen molar-refractivity contribution in [2.24, 2.45) is 0 Å². The third kappa shape index (κ3) is 8.98. The van der Waals surface area contributed by atoms with E-state index in [0.717, 1.165) is 12.5 Å². The molecule has 1 heterocycles. The van der Waals surface area contributed by atoms with Gasteiger partial charge in [0.05, 0.1) is 0 Å². The van der Waals surface area contributed by atoms with Crippen LogP contribution in [0.15, 0.2) is 48.8 Å². The minimum absolute atomic E-state index is 0.736. The van der Waals surface area contributed by atoms with Gasteiger partial charge in [0.2, 0.25) is 0 Å². The Morgan fingerprint density at radius 3 is 1.66 bits per heavy atom. The van der Waals surface area contributed by atoms with Gasteiger partial charge >= 0.3 is 0 Å². The molecule has 1 aromatic carbocycles. The Labute approximate surface area is 179 Å². The quantitative estimate of drug-likeness (QED) is 0.225. The number of hydrogen-bond acceptors (Lipinski definition) is 0. The van der Waals surface area contributed by atoms with Crippen LogP contribution in [0.25, 0.3) is 12.2 Å². The summed E-state index contributed by atoms with van der Waals surface area (Å²) in [5.41, 5.74) is 4.08. The zero-order valence-corrected chi connectivity index (χ0v) is 19.1. The monoisotopic (exact) mass is 392 g/mol. The molecule has 1 heteroatoms. The first-order valence-corrected chi connectivity index (χ1v) is 12.0. The highest BCUT2D eigenvalue weighted by atomic mass is 14.9. The summed E-state index contributed by atoms with van der Waals surface area (Å²) < 4.78 is 2.19. The molecule has 0 aliphatic carbocycles. The van der Waals surface area contributed by atoms with Crippen LogP contribution in [0.2, 0.25) is 0 Å². The average molecular weight is 393 g/mol. The summed E-state index contributed by atoms with van der Waals surface area (Å²) in [5, 5.41) is 0. The molecular formula is C28H42N+. The number of aromatic nitrogens is 1. The Morgan fingerprint density at radius 1 is 0.655 bits per heavy atom. The second-order valence-electron chi connectivity index (χ2n) is 8.36. The number of aryl methyl sites for hydroxylation is 1. The summed E-state index contributed by atoms with van der Waals surface area (Å²) in [6.45, 7) is 7.78. The summed E-state index contributed by atoms with van der Waals surface area (Å²) in [5.74, 6) is 0.736. The van der Waals surface area contributed by atoms with E-state index in [1.54, 1.807) is 5.56 Å². The first-order chi connectivity index (χ1) is 14.3. The molecule has 2 aromatic rings. The van der Waals surface area contributed by atoms with Crippen molar-refractivity contribution in [3.8, 4) is 0 Å². The smallest absolute Gasteiger partial charge is 0.169 e. The molecule has 0 amide bonds. The van der Waals surface area contributed by atoms with E-state index in [1.165, 1.54) is 75.3 Å². The Morgan fingerprint density at radius 2 is 1.17 bits per heavy atom. The fourth-order valence-electron chi connectivity index (χ4n) is 3.98. The van der Waals surface area contributed by atoms with Crippen molar-refractivity contribution in [2.75, 3.05) is 0 Å². The lowest BCUT2D eigenvalue weighted by molar-refractivity contribution is -0.693. The molecule has 158 valence electrons. The predicted octanol–water partition coefficient (Wildman–Crippen LogP) is 8.19. The zero-order valence-electron chi connectivity index (χ0n) is 19.1. The molecule has 0 bridgehead atoms. The molecule has 0 saturated carbocycles. The van der Waals surface area contributed by atoms with E-state index >= 15 is 0 Å². The molecule has 2 rings (SSSR count). The largest absolute Gasteiger partial charge is 0.205 e. The van der Waals surface area contributed by atoms with Gasteiger partial charge in [0.25, 0.3) is 0 Å². The summed E-state index contributed by atoms with van der Waals surface area (Å²) in [6.07, 6.45) is 22.3. The second kappa shape index (κ2) is 14.1. The molecule has 0 aliphatic rings. The highest BCUT2D eigenvalue weighted by Crippen LogP contribution is 2.29. The normalized spacial score (nSPS) is 11.6. The van der Waals surface area contributed by atoms with Gasteiger partial charge in [-0.1, -0.05) is 102 Å². The van der Waals surface area contributed by atoms with Crippen molar-refractivity contribution in [1.82, 2.24) is 0 Å². The third-order valence-electron chi connectivity index (χ3n) is 5.97. The van der Waals surface area contributed by atoms with Crippen molar-refractivity contribution < 1.29 is 4.57 Å². The Bertz CT molecular complexity index is 669. The van der Waals surface area contributed by atoms with Gasteiger partial charge in [-0.3, -0.25) is 0 Å². The van der Waals surface area contributed by atoms with Crippen LogP contribution >= 0.6 is 0 Å². The predicted molar refractivity (Wildman–Crippen MR) is 128 cm³/mol. The number of nitrogens with zero attached hydrogens (tertiary/aromatic N) is 1. The molecule has 0 atom stereocenters. The number of pyridine rings is 1. The lowest BCUT2D eigenvalue weighted by atomic mass is 9.88. The van der Waals surface area contributed by atoms with E-state index in [0.29, 0.717) is 0 Å². The summed E-state index contributed by atoms with van der Waals surface area (Å²) >= 11 is 0. The van der Waals surface area contributed by atoms with Crippen LogP contribution in [0, 0.1) is 0 Å². The number of unbranched alkanes of at least 4 members (excludes halogenated alkanes) is 6. The van der Waals surface area contributed by atoms with Gasteiger partial charge in [0.1, 0.15) is 6.54 Å². The fourth-order valence-corrected chi connectivity index (χ4v) is 3.98. The molecule has 29 heavy (non-hydrogen) atoms. The molecule has 1 aromatic heterocycles. The van der Waals surface area contributed by atoms with Crippen LogP contribution in [-0.4, -0.2) is 0 Å². The van der Waals surface area contributed by atoms with Crippen molar-refractivity contribution in [2.45, 2.75) is 97.4 Å². The number of hydrogen-bond donors (Lipinski definition) is 0. The lowest BCUT2D eigenvalue weighted by Crippen LogP contribution is -2.30. The second-order valence-corrected chi connectivity index (χ2v) is 8.36. The van der Waals surface area contributed by atoms with Crippen LogP contribution < -0.4 is 4.57 Å². The Hall–Kier alpha value is -1.89. The van der Waals surface area contributed by atoms with Gasteiger partial charge < -0.3 is 0 Å². The molecule has 0 aliphatic heterocycles. The Kier molecular flexibility index (Phi) is 11.4. The SMILES string of the molecule is CCCCCCC(CCCCCC)c1ccc(/C=C/c2cc[n+](CC)cc2)cc1. The van der Waals surface area contributed by atoms with Crippen molar-refractivity contribution in [1.29, 1.82) is 0 Å². The van der Waals surface area contributed by atoms with Gasteiger partial charge in [-0.25, -0.2) is 4.57 Å². The highest BCUT2D eigenvalue weighted by molar-refractivity contribution is 5.69. The third-order valence-corrected chi connectivity index (χ3v) is 5.97. The molecule has 1 nitrogen and oxygen atoms in total. The van der Waals surface area contributed by atoms with Crippen LogP contribution in [0.3, 0.4) is 0 Å². The van der Waals surface area contributed by atoms with E-state index in [-0.39, 0.29) is 0 Å². The molecule has 0 spiro atoms. The van der Waals surface area contributed by atoms with Crippen LogP contribution in [0.5, 0.6) is 0 Å². The molecule has 0 unspecified atom stereocenters. The van der Waals surface area contributed by atoms with Crippen LogP contribution in [-0.2, 0) is 6.54 Å². The minimum atomic E-state index is 0.736. The van der Waals surface area contributed by atoms with E-state index in [2.05, 4.69) is 86.3 Å². The van der Waals surface area contributed by atoms with Gasteiger partial charge in [-0.05, 0) is 42.4 Å². The molecule has 0 N–H and O–H groups in total. The van der Waals surface area contributed by atoms with Gasteiger partial charge in [0, 0.05) is 12.1 Å². The van der Waals surface area contributed by atoms with E-state index < -0.39 is 0 Å². The standard InChI is InChI=1S/C28H42N/c1-4-7-9-11-13-27(14-12-10-8-5-2)28-19-17-25(18-20-28)15-16-26-21-23-29(6-3)24-22-26/h15-24,27H,4-14H2,1-3H3/q+1/b16-15+. The lowest BCUT2D eigenvalue weighted by Gasteiger charge is -2.18. The van der Waals surface area contributed by atoms with E-state index in [4.69, 9.17) is 0 Å². The summed E-state index contributed by atoms with van der Waals surface area (Å²) in [6, 6.07) is 13.7. The van der Waals surface area contributed by atoms with Crippen LogP contribution in [0.4, 0.5) is 0 Å². The topological polar surface area (TPSA) is 3.88 Å². The fraction of sp³-hybridized carbons (Fsp3) is 0.536. The minimum Gasteiger partial charge on any atom is -0.205 e. The van der Waals surface area contributed by atoms with Gasteiger partial charge in [-0.2, -0.15) is 0 Å². The van der Waals surface area contributed by atoms with Gasteiger partial charge in [-0.15, -0.1) is 0 Å². The maximum absolute atomic E-state index is 2.38. The zero-order chi connectivity index (χ0) is 20.7. The number of benzene rings is 1. The van der Waals surface area contributed by atoms with E-state index in [9.17, 15) is 0 Å². The maximum Gasteiger partial charge on any atom is 0.169 e.